The number of amides is 1. The number of hydrogen-bond donors (Lipinski definition) is 3. The standard InChI is InChI=1S/C35H30N2O6/c1-41-22-17-15-21(16-18-22)30(31-33(38)25-10-4-8-14-29(25)43-35(31)40)32-24(23-9-3-6-12-27(23)37-32)19-20-36-34(39)26-11-5-7-13-28(26)42-2/h3-18,30,37-38H,19-20H2,1-2H3,(H,36,39). The average Bonchev–Trinajstić information content (AvgIpc) is 3.40. The lowest BCUT2D eigenvalue weighted by Gasteiger charge is -2.20. The summed E-state index contributed by atoms with van der Waals surface area (Å²) in [6.07, 6.45) is 0.451. The van der Waals surface area contributed by atoms with Gasteiger partial charge in [-0.1, -0.05) is 54.6 Å². The maximum absolute atomic E-state index is 13.6. The molecule has 216 valence electrons. The third-order valence-corrected chi connectivity index (χ3v) is 7.71. The molecule has 1 atom stereocenters. The fraction of sp³-hybridized carbons (Fsp3) is 0.143. The fourth-order valence-corrected chi connectivity index (χ4v) is 5.64. The highest BCUT2D eigenvalue weighted by atomic mass is 16.5. The van der Waals surface area contributed by atoms with Crippen molar-refractivity contribution in [1.29, 1.82) is 0 Å². The molecule has 1 amide bonds. The van der Waals surface area contributed by atoms with E-state index in [0.29, 0.717) is 41.0 Å². The zero-order valence-electron chi connectivity index (χ0n) is 23.7. The first-order chi connectivity index (χ1) is 21.0. The SMILES string of the molecule is COc1ccc(C(c2[nH]c3ccccc3c2CCNC(=O)c2ccccc2OC)c2c(O)c3ccccc3oc2=O)cc1. The van der Waals surface area contributed by atoms with Crippen LogP contribution in [0.15, 0.2) is 106 Å². The molecule has 0 aliphatic heterocycles. The summed E-state index contributed by atoms with van der Waals surface area (Å²) in [6, 6.07) is 29.2. The van der Waals surface area contributed by atoms with Crippen LogP contribution in [0.5, 0.6) is 17.2 Å². The smallest absolute Gasteiger partial charge is 0.344 e. The molecule has 0 spiro atoms. The number of hydrogen-bond acceptors (Lipinski definition) is 6. The quantitative estimate of drug-likeness (QED) is 0.179. The van der Waals surface area contributed by atoms with E-state index in [0.717, 1.165) is 27.7 Å². The Morgan fingerprint density at radius 3 is 2.35 bits per heavy atom. The number of aromatic amines is 1. The first kappa shape index (κ1) is 27.7. The molecule has 2 heterocycles. The van der Waals surface area contributed by atoms with Crippen molar-refractivity contribution >= 4 is 27.8 Å². The minimum Gasteiger partial charge on any atom is -0.507 e. The maximum atomic E-state index is 13.6. The van der Waals surface area contributed by atoms with Gasteiger partial charge < -0.3 is 29.3 Å². The molecule has 6 aromatic rings. The van der Waals surface area contributed by atoms with Crippen LogP contribution in [-0.2, 0) is 6.42 Å². The number of rotatable bonds is 9. The van der Waals surface area contributed by atoms with Crippen molar-refractivity contribution in [2.45, 2.75) is 12.3 Å². The van der Waals surface area contributed by atoms with Gasteiger partial charge in [0.2, 0.25) is 0 Å². The number of H-pyrrole nitrogens is 1. The Balaban J connectivity index is 1.47. The van der Waals surface area contributed by atoms with Gasteiger partial charge >= 0.3 is 5.63 Å². The Kier molecular flexibility index (Phi) is 7.57. The minimum atomic E-state index is -0.709. The molecule has 0 saturated heterocycles. The molecule has 0 aliphatic carbocycles. The highest BCUT2D eigenvalue weighted by molar-refractivity contribution is 5.97. The Hall–Kier alpha value is -5.50. The number of ether oxygens (including phenoxy) is 2. The van der Waals surface area contributed by atoms with Crippen molar-refractivity contribution in [3.8, 4) is 17.2 Å². The van der Waals surface area contributed by atoms with Crippen molar-refractivity contribution in [2.24, 2.45) is 0 Å². The lowest BCUT2D eigenvalue weighted by molar-refractivity contribution is 0.0951. The van der Waals surface area contributed by atoms with Gasteiger partial charge in [-0.15, -0.1) is 0 Å². The highest BCUT2D eigenvalue weighted by Crippen LogP contribution is 2.41. The lowest BCUT2D eigenvalue weighted by atomic mass is 9.85. The Bertz CT molecular complexity index is 1990. The molecule has 8 heteroatoms. The summed E-state index contributed by atoms with van der Waals surface area (Å²) < 4.78 is 16.5. The van der Waals surface area contributed by atoms with Crippen molar-refractivity contribution < 1.29 is 23.8 Å². The second-order valence-electron chi connectivity index (χ2n) is 10.1. The molecule has 4 aromatic carbocycles. The number of aromatic nitrogens is 1. The van der Waals surface area contributed by atoms with Gasteiger partial charge in [-0.25, -0.2) is 4.79 Å². The maximum Gasteiger partial charge on any atom is 0.344 e. The Morgan fingerprint density at radius 1 is 0.884 bits per heavy atom. The molecule has 6 rings (SSSR count). The molecule has 0 bridgehead atoms. The highest BCUT2D eigenvalue weighted by Gasteiger charge is 2.30. The third kappa shape index (κ3) is 5.19. The number of carbonyl (C=O) groups excluding carboxylic acids is 1. The normalized spacial score (nSPS) is 11.9. The van der Waals surface area contributed by atoms with Crippen molar-refractivity contribution in [2.75, 3.05) is 20.8 Å². The monoisotopic (exact) mass is 574 g/mol. The van der Waals surface area contributed by atoms with Gasteiger partial charge in [0.1, 0.15) is 22.8 Å². The third-order valence-electron chi connectivity index (χ3n) is 7.71. The first-order valence-corrected chi connectivity index (χ1v) is 13.9. The number of methoxy groups -OCH3 is 2. The van der Waals surface area contributed by atoms with Crippen LogP contribution in [0.1, 0.15) is 38.7 Å². The van der Waals surface area contributed by atoms with E-state index >= 15 is 0 Å². The van der Waals surface area contributed by atoms with Crippen molar-refractivity contribution in [3.63, 3.8) is 0 Å². The molecule has 43 heavy (non-hydrogen) atoms. The molecule has 0 saturated carbocycles. The molecular formula is C35H30N2O6. The van der Waals surface area contributed by atoms with Crippen LogP contribution >= 0.6 is 0 Å². The Labute approximate surface area is 247 Å². The van der Waals surface area contributed by atoms with Gasteiger partial charge in [-0.3, -0.25) is 4.79 Å². The van der Waals surface area contributed by atoms with Crippen LogP contribution in [0.4, 0.5) is 0 Å². The number of benzene rings is 4. The summed E-state index contributed by atoms with van der Waals surface area (Å²) in [5, 5.41) is 15.9. The topological polar surface area (TPSA) is 114 Å². The van der Waals surface area contributed by atoms with E-state index in [1.54, 1.807) is 49.6 Å². The van der Waals surface area contributed by atoms with Crippen LogP contribution in [0.25, 0.3) is 21.9 Å². The Morgan fingerprint density at radius 2 is 1.58 bits per heavy atom. The average molecular weight is 575 g/mol. The number of aromatic hydroxyl groups is 1. The minimum absolute atomic E-state index is 0.120. The van der Waals surface area contributed by atoms with Crippen molar-refractivity contribution in [3.05, 3.63) is 135 Å². The molecule has 8 nitrogen and oxygen atoms in total. The lowest BCUT2D eigenvalue weighted by Crippen LogP contribution is -2.26. The number of para-hydroxylation sites is 3. The summed E-state index contributed by atoms with van der Waals surface area (Å²) in [5.41, 5.74) is 3.48. The van der Waals surface area contributed by atoms with Crippen LogP contribution in [0.2, 0.25) is 0 Å². The van der Waals surface area contributed by atoms with Gasteiger partial charge in [-0.2, -0.15) is 0 Å². The summed E-state index contributed by atoms with van der Waals surface area (Å²) in [5.74, 6) is 0.0539. The predicted molar refractivity (Wildman–Crippen MR) is 165 cm³/mol. The molecule has 3 N–H and O–H groups in total. The van der Waals surface area contributed by atoms with E-state index in [2.05, 4.69) is 10.3 Å². The summed E-state index contributed by atoms with van der Waals surface area (Å²) in [4.78, 5) is 30.2. The molecule has 2 aromatic heterocycles. The first-order valence-electron chi connectivity index (χ1n) is 13.9. The van der Waals surface area contributed by atoms with Gasteiger partial charge in [0.15, 0.2) is 0 Å². The van der Waals surface area contributed by atoms with E-state index in [1.165, 1.54) is 7.11 Å². The molecule has 0 radical (unpaired) electrons. The summed E-state index contributed by atoms with van der Waals surface area (Å²) in [7, 11) is 3.12. The van der Waals surface area contributed by atoms with E-state index in [9.17, 15) is 14.7 Å². The second kappa shape index (κ2) is 11.8. The largest absolute Gasteiger partial charge is 0.507 e. The zero-order valence-corrected chi connectivity index (χ0v) is 23.7. The van der Waals surface area contributed by atoms with E-state index in [1.807, 2.05) is 54.6 Å². The van der Waals surface area contributed by atoms with E-state index in [-0.39, 0.29) is 17.2 Å². The van der Waals surface area contributed by atoms with Crippen LogP contribution in [-0.4, -0.2) is 36.8 Å². The second-order valence-corrected chi connectivity index (χ2v) is 10.1. The molecule has 0 fully saturated rings. The van der Waals surface area contributed by atoms with Gasteiger partial charge in [-0.05, 0) is 60.0 Å². The van der Waals surface area contributed by atoms with Gasteiger partial charge in [0.05, 0.1) is 36.7 Å². The molecule has 1 unspecified atom stereocenters. The fourth-order valence-electron chi connectivity index (χ4n) is 5.64. The predicted octanol–water partition coefficient (Wildman–Crippen LogP) is 6.15. The number of nitrogens with one attached hydrogen (secondary N) is 2. The van der Waals surface area contributed by atoms with Crippen LogP contribution < -0.4 is 20.4 Å². The van der Waals surface area contributed by atoms with Gasteiger partial charge in [0, 0.05) is 23.1 Å². The zero-order chi connectivity index (χ0) is 29.9. The van der Waals surface area contributed by atoms with E-state index in [4.69, 9.17) is 13.9 Å². The molecular weight excluding hydrogens is 544 g/mol. The summed E-state index contributed by atoms with van der Waals surface area (Å²) >= 11 is 0. The van der Waals surface area contributed by atoms with E-state index < -0.39 is 11.5 Å². The molecule has 0 aliphatic rings. The van der Waals surface area contributed by atoms with Crippen LogP contribution in [0, 0.1) is 0 Å². The summed E-state index contributed by atoms with van der Waals surface area (Å²) in [6.45, 7) is 0.319. The van der Waals surface area contributed by atoms with Gasteiger partial charge in [0.25, 0.3) is 5.91 Å². The number of carbonyl (C=O) groups is 1. The van der Waals surface area contributed by atoms with Crippen molar-refractivity contribution in [1.82, 2.24) is 10.3 Å². The number of fused-ring (bicyclic) bond motifs is 2. The van der Waals surface area contributed by atoms with Crippen LogP contribution in [0.3, 0.4) is 0 Å².